The summed E-state index contributed by atoms with van der Waals surface area (Å²) in [5, 5.41) is 0. The molecule has 3 rings (SSSR count). The standard InChI is InChI=1S/C20H25N5O3/c1-13(14(2)26)25-16(12-22(3)11-15-9-7-6-8-10-15)21-18-17(25)19(27)24(5)20(28)23(18)4/h6-10,13H,11-12H2,1-5H3/t13-/m0/s1. The molecule has 0 saturated heterocycles. The Morgan fingerprint density at radius 1 is 1.11 bits per heavy atom. The summed E-state index contributed by atoms with van der Waals surface area (Å²) in [6, 6.07) is 9.45. The summed E-state index contributed by atoms with van der Waals surface area (Å²) in [6.07, 6.45) is 0. The van der Waals surface area contributed by atoms with Gasteiger partial charge >= 0.3 is 5.69 Å². The van der Waals surface area contributed by atoms with Crippen molar-refractivity contribution >= 4 is 16.9 Å². The molecule has 3 aromatic rings. The summed E-state index contributed by atoms with van der Waals surface area (Å²) in [5.41, 5.74) is 0.827. The maximum absolute atomic E-state index is 12.8. The maximum Gasteiger partial charge on any atom is 0.332 e. The van der Waals surface area contributed by atoms with Crippen molar-refractivity contribution in [1.82, 2.24) is 23.6 Å². The van der Waals surface area contributed by atoms with Gasteiger partial charge in [0.15, 0.2) is 16.9 Å². The van der Waals surface area contributed by atoms with Crippen molar-refractivity contribution in [3.05, 3.63) is 62.6 Å². The predicted molar refractivity (Wildman–Crippen MR) is 107 cm³/mol. The van der Waals surface area contributed by atoms with Crippen molar-refractivity contribution in [1.29, 1.82) is 0 Å². The summed E-state index contributed by atoms with van der Waals surface area (Å²) in [4.78, 5) is 43.9. The number of rotatable bonds is 6. The van der Waals surface area contributed by atoms with Gasteiger partial charge in [0.2, 0.25) is 0 Å². The largest absolute Gasteiger partial charge is 0.332 e. The Hall–Kier alpha value is -3.00. The molecule has 2 aromatic heterocycles. The highest BCUT2D eigenvalue weighted by molar-refractivity contribution is 5.82. The van der Waals surface area contributed by atoms with Crippen LogP contribution < -0.4 is 11.2 Å². The van der Waals surface area contributed by atoms with Crippen LogP contribution in [0.5, 0.6) is 0 Å². The van der Waals surface area contributed by atoms with E-state index >= 15 is 0 Å². The van der Waals surface area contributed by atoms with E-state index in [1.807, 2.05) is 37.4 Å². The van der Waals surface area contributed by atoms with E-state index in [-0.39, 0.29) is 11.3 Å². The molecule has 148 valence electrons. The van der Waals surface area contributed by atoms with Gasteiger partial charge in [-0.1, -0.05) is 30.3 Å². The second kappa shape index (κ2) is 7.55. The zero-order chi connectivity index (χ0) is 20.6. The Morgan fingerprint density at radius 2 is 1.75 bits per heavy atom. The first-order valence-corrected chi connectivity index (χ1v) is 9.12. The van der Waals surface area contributed by atoms with Gasteiger partial charge in [-0.15, -0.1) is 0 Å². The van der Waals surface area contributed by atoms with Gasteiger partial charge in [-0.2, -0.15) is 0 Å². The molecule has 1 atom stereocenters. The van der Waals surface area contributed by atoms with Crippen LogP contribution in [0.1, 0.15) is 31.3 Å². The van der Waals surface area contributed by atoms with E-state index in [1.165, 1.54) is 18.5 Å². The molecule has 0 N–H and O–H groups in total. The highest BCUT2D eigenvalue weighted by atomic mass is 16.2. The van der Waals surface area contributed by atoms with E-state index in [0.717, 1.165) is 10.1 Å². The number of benzene rings is 1. The number of aromatic nitrogens is 4. The Bertz CT molecular complexity index is 1140. The third kappa shape index (κ3) is 3.43. The lowest BCUT2D eigenvalue weighted by Crippen LogP contribution is -2.38. The van der Waals surface area contributed by atoms with Crippen LogP contribution in [-0.4, -0.2) is 36.4 Å². The van der Waals surface area contributed by atoms with Gasteiger partial charge < -0.3 is 4.57 Å². The lowest BCUT2D eigenvalue weighted by atomic mass is 10.2. The Kier molecular flexibility index (Phi) is 5.33. The quantitative estimate of drug-likeness (QED) is 0.639. The maximum atomic E-state index is 12.8. The molecular formula is C20H25N5O3. The van der Waals surface area contributed by atoms with Crippen LogP contribution in [0, 0.1) is 0 Å². The first-order valence-electron chi connectivity index (χ1n) is 9.12. The van der Waals surface area contributed by atoms with Crippen molar-refractivity contribution in [3.63, 3.8) is 0 Å². The Morgan fingerprint density at radius 3 is 2.36 bits per heavy atom. The molecule has 0 bridgehead atoms. The fourth-order valence-corrected chi connectivity index (χ4v) is 3.36. The number of fused-ring (bicyclic) bond motifs is 1. The number of aryl methyl sites for hydroxylation is 1. The second-order valence-corrected chi connectivity index (χ2v) is 7.22. The number of hydrogen-bond acceptors (Lipinski definition) is 5. The molecule has 0 aliphatic rings. The van der Waals surface area contributed by atoms with Crippen molar-refractivity contribution in [2.45, 2.75) is 33.0 Å². The third-order valence-electron chi connectivity index (χ3n) is 5.05. The van der Waals surface area contributed by atoms with Gasteiger partial charge in [-0.25, -0.2) is 9.78 Å². The molecule has 28 heavy (non-hydrogen) atoms. The molecule has 0 spiro atoms. The van der Waals surface area contributed by atoms with Gasteiger partial charge in [-0.05, 0) is 26.5 Å². The van der Waals surface area contributed by atoms with Gasteiger partial charge in [0, 0.05) is 20.6 Å². The average molecular weight is 383 g/mol. The van der Waals surface area contributed by atoms with Crippen LogP contribution in [0.3, 0.4) is 0 Å². The minimum atomic E-state index is -0.560. The van der Waals surface area contributed by atoms with Gasteiger partial charge in [0.1, 0.15) is 5.82 Å². The molecule has 0 amide bonds. The molecule has 0 radical (unpaired) electrons. The van der Waals surface area contributed by atoms with Crippen molar-refractivity contribution in [2.24, 2.45) is 14.1 Å². The SMILES string of the molecule is CC(=O)[C@H](C)n1c(CN(C)Cc2ccccc2)nc2c1c(=O)n(C)c(=O)n2C. The zero-order valence-corrected chi connectivity index (χ0v) is 16.8. The van der Waals surface area contributed by atoms with Crippen molar-refractivity contribution < 1.29 is 4.79 Å². The van der Waals surface area contributed by atoms with Gasteiger partial charge in [-0.3, -0.25) is 23.6 Å². The predicted octanol–water partition coefficient (Wildman–Crippen LogP) is 1.22. The molecule has 0 saturated carbocycles. The van der Waals surface area contributed by atoms with Gasteiger partial charge in [0.25, 0.3) is 5.56 Å². The number of ketones is 1. The lowest BCUT2D eigenvalue weighted by molar-refractivity contribution is -0.119. The van der Waals surface area contributed by atoms with E-state index in [4.69, 9.17) is 0 Å². The van der Waals surface area contributed by atoms with Crippen LogP contribution in [0.2, 0.25) is 0 Å². The molecule has 0 fully saturated rings. The summed E-state index contributed by atoms with van der Waals surface area (Å²) < 4.78 is 4.06. The van der Waals surface area contributed by atoms with Crippen LogP contribution >= 0.6 is 0 Å². The van der Waals surface area contributed by atoms with Crippen molar-refractivity contribution in [3.8, 4) is 0 Å². The van der Waals surface area contributed by atoms with E-state index in [0.29, 0.717) is 24.6 Å². The zero-order valence-electron chi connectivity index (χ0n) is 16.8. The normalized spacial score (nSPS) is 12.6. The first kappa shape index (κ1) is 19.8. The molecule has 8 nitrogen and oxygen atoms in total. The van der Waals surface area contributed by atoms with Crippen LogP contribution in [-0.2, 0) is 32.0 Å². The van der Waals surface area contributed by atoms with E-state index in [9.17, 15) is 14.4 Å². The average Bonchev–Trinajstić information content (AvgIpc) is 3.03. The Labute approximate surface area is 162 Å². The molecule has 2 heterocycles. The van der Waals surface area contributed by atoms with E-state index in [1.54, 1.807) is 18.5 Å². The first-order chi connectivity index (χ1) is 13.2. The monoisotopic (exact) mass is 383 g/mol. The summed E-state index contributed by atoms with van der Waals surface area (Å²) in [5.74, 6) is 0.497. The second-order valence-electron chi connectivity index (χ2n) is 7.22. The fraction of sp³-hybridized carbons (Fsp3) is 0.400. The summed E-state index contributed by atoms with van der Waals surface area (Å²) in [7, 11) is 4.96. The number of Topliss-reactive ketones (excluding diaryl/α,β-unsaturated/α-hetero) is 1. The molecule has 1 aromatic carbocycles. The van der Waals surface area contributed by atoms with Crippen LogP contribution in [0.15, 0.2) is 39.9 Å². The Balaban J connectivity index is 2.13. The molecule has 0 aliphatic heterocycles. The number of carbonyl (C=O) groups excluding carboxylic acids is 1. The van der Waals surface area contributed by atoms with Crippen LogP contribution in [0.4, 0.5) is 0 Å². The highest BCUT2D eigenvalue weighted by Gasteiger charge is 2.24. The number of hydrogen-bond donors (Lipinski definition) is 0. The van der Waals surface area contributed by atoms with E-state index in [2.05, 4.69) is 9.88 Å². The molecule has 0 unspecified atom stereocenters. The minimum absolute atomic E-state index is 0.0813. The minimum Gasteiger partial charge on any atom is -0.311 e. The summed E-state index contributed by atoms with van der Waals surface area (Å²) in [6.45, 7) is 4.35. The number of nitrogens with zero attached hydrogens (tertiary/aromatic N) is 5. The molecule has 8 heteroatoms. The van der Waals surface area contributed by atoms with Gasteiger partial charge in [0.05, 0.1) is 12.6 Å². The lowest BCUT2D eigenvalue weighted by Gasteiger charge is -2.19. The highest BCUT2D eigenvalue weighted by Crippen LogP contribution is 2.20. The van der Waals surface area contributed by atoms with Crippen LogP contribution in [0.25, 0.3) is 11.2 Å². The smallest absolute Gasteiger partial charge is 0.311 e. The topological polar surface area (TPSA) is 82.1 Å². The molecular weight excluding hydrogens is 358 g/mol. The van der Waals surface area contributed by atoms with E-state index < -0.39 is 17.3 Å². The fourth-order valence-electron chi connectivity index (χ4n) is 3.36. The number of imidazole rings is 1. The third-order valence-corrected chi connectivity index (χ3v) is 5.05. The molecule has 0 aliphatic carbocycles. The summed E-state index contributed by atoms with van der Waals surface area (Å²) >= 11 is 0. The number of carbonyl (C=O) groups is 1. The van der Waals surface area contributed by atoms with Crippen molar-refractivity contribution in [2.75, 3.05) is 7.05 Å².